The van der Waals surface area contributed by atoms with Gasteiger partial charge in [0.05, 0.1) is 7.11 Å². The number of aliphatic carboxylic acids is 1. The van der Waals surface area contributed by atoms with Crippen LogP contribution in [-0.2, 0) is 4.79 Å². The monoisotopic (exact) mass is 353 g/mol. The zero-order chi connectivity index (χ0) is 18.0. The molecule has 1 saturated heterocycles. The van der Waals surface area contributed by atoms with E-state index >= 15 is 0 Å². The van der Waals surface area contributed by atoms with E-state index in [9.17, 15) is 13.6 Å². The fraction of sp³-hybridized carbons (Fsp3) is 0.632. The van der Waals surface area contributed by atoms with E-state index < -0.39 is 17.6 Å². The van der Waals surface area contributed by atoms with Crippen LogP contribution < -0.4 is 9.64 Å². The van der Waals surface area contributed by atoms with Crippen LogP contribution in [0.25, 0.3) is 0 Å². The molecule has 3 rings (SSSR count). The molecule has 0 unspecified atom stereocenters. The lowest BCUT2D eigenvalue weighted by atomic mass is 9.65. The van der Waals surface area contributed by atoms with Gasteiger partial charge in [0.25, 0.3) is 0 Å². The van der Waals surface area contributed by atoms with Crippen molar-refractivity contribution in [2.24, 2.45) is 11.3 Å². The van der Waals surface area contributed by atoms with Gasteiger partial charge in [-0.05, 0) is 49.9 Å². The van der Waals surface area contributed by atoms with Crippen LogP contribution in [0.15, 0.2) is 12.1 Å². The summed E-state index contributed by atoms with van der Waals surface area (Å²) >= 11 is 0. The standard InChI is InChI=1S/C19H25F2NO3/c1-25-14-11-15(20)18(16(21)12-14)22-8-6-19(7-9-22)4-2-13(3-5-19)10-17(23)24/h11-13H,2-10H2,1H3,(H,23,24). The van der Waals surface area contributed by atoms with Crippen LogP contribution in [0.1, 0.15) is 44.9 Å². The van der Waals surface area contributed by atoms with E-state index in [2.05, 4.69) is 0 Å². The molecule has 1 aromatic rings. The van der Waals surface area contributed by atoms with Crippen LogP contribution in [0.3, 0.4) is 0 Å². The minimum Gasteiger partial charge on any atom is -0.497 e. The Bertz CT molecular complexity index is 609. The molecule has 2 fully saturated rings. The van der Waals surface area contributed by atoms with Crippen LogP contribution in [0.2, 0.25) is 0 Å². The van der Waals surface area contributed by atoms with Gasteiger partial charge in [0.15, 0.2) is 11.6 Å². The molecule has 1 heterocycles. The number of carboxylic acids is 1. The second-order valence-electron chi connectivity index (χ2n) is 7.47. The summed E-state index contributed by atoms with van der Waals surface area (Å²) in [5.74, 6) is -1.43. The van der Waals surface area contributed by atoms with Crippen molar-refractivity contribution in [3.63, 3.8) is 0 Å². The molecule has 4 nitrogen and oxygen atoms in total. The number of methoxy groups -OCH3 is 1. The van der Waals surface area contributed by atoms with E-state index in [4.69, 9.17) is 9.84 Å². The Labute approximate surface area is 146 Å². The molecule has 1 aliphatic heterocycles. The van der Waals surface area contributed by atoms with E-state index in [1.54, 1.807) is 4.90 Å². The molecule has 0 aromatic heterocycles. The van der Waals surface area contributed by atoms with Gasteiger partial charge in [-0.25, -0.2) is 8.78 Å². The lowest BCUT2D eigenvalue weighted by Gasteiger charge is -2.46. The average molecular weight is 353 g/mol. The van der Waals surface area contributed by atoms with Crippen molar-refractivity contribution in [3.05, 3.63) is 23.8 Å². The fourth-order valence-corrected chi connectivity index (χ4v) is 4.41. The first-order valence-electron chi connectivity index (χ1n) is 8.92. The Hall–Kier alpha value is -1.85. The van der Waals surface area contributed by atoms with Gasteiger partial charge < -0.3 is 14.7 Å². The first kappa shape index (κ1) is 18.0. The Kier molecular flexibility index (Phi) is 5.16. The minimum absolute atomic E-state index is 0.0372. The van der Waals surface area contributed by atoms with Gasteiger partial charge in [-0.3, -0.25) is 4.79 Å². The van der Waals surface area contributed by atoms with Gasteiger partial charge >= 0.3 is 5.97 Å². The summed E-state index contributed by atoms with van der Waals surface area (Å²) in [6, 6.07) is 2.44. The Balaban J connectivity index is 1.62. The third-order valence-electron chi connectivity index (χ3n) is 6.00. The number of hydrogen-bond donors (Lipinski definition) is 1. The molecule has 6 heteroatoms. The van der Waals surface area contributed by atoms with Crippen molar-refractivity contribution >= 4 is 11.7 Å². The maximum Gasteiger partial charge on any atom is 0.303 e. The molecule has 1 aromatic carbocycles. The van der Waals surface area contributed by atoms with Gasteiger partial charge in [0.1, 0.15) is 11.4 Å². The van der Waals surface area contributed by atoms with Crippen LogP contribution in [0.4, 0.5) is 14.5 Å². The third kappa shape index (κ3) is 3.88. The van der Waals surface area contributed by atoms with Crippen LogP contribution in [-0.4, -0.2) is 31.3 Å². The van der Waals surface area contributed by atoms with Crippen molar-refractivity contribution < 1.29 is 23.4 Å². The Morgan fingerprint density at radius 3 is 2.24 bits per heavy atom. The molecule has 2 aliphatic rings. The second kappa shape index (κ2) is 7.18. The number of halogens is 2. The van der Waals surface area contributed by atoms with Crippen molar-refractivity contribution in [2.45, 2.75) is 44.9 Å². The lowest BCUT2D eigenvalue weighted by molar-refractivity contribution is -0.138. The molecule has 1 N–H and O–H groups in total. The van der Waals surface area contributed by atoms with E-state index in [0.29, 0.717) is 13.1 Å². The number of nitrogens with zero attached hydrogens (tertiary/aromatic N) is 1. The highest BCUT2D eigenvalue weighted by Crippen LogP contribution is 2.47. The molecule has 138 valence electrons. The van der Waals surface area contributed by atoms with E-state index in [1.807, 2.05) is 0 Å². The summed E-state index contributed by atoms with van der Waals surface area (Å²) < 4.78 is 33.4. The Morgan fingerprint density at radius 2 is 1.76 bits per heavy atom. The van der Waals surface area contributed by atoms with E-state index in [1.165, 1.54) is 19.2 Å². The number of carbonyl (C=O) groups is 1. The van der Waals surface area contributed by atoms with Gasteiger partial charge in [-0.15, -0.1) is 0 Å². The molecule has 0 bridgehead atoms. The number of rotatable bonds is 4. The van der Waals surface area contributed by atoms with E-state index in [-0.39, 0.29) is 29.2 Å². The fourth-order valence-electron chi connectivity index (χ4n) is 4.41. The smallest absolute Gasteiger partial charge is 0.303 e. The second-order valence-corrected chi connectivity index (χ2v) is 7.47. The Morgan fingerprint density at radius 1 is 1.20 bits per heavy atom. The topological polar surface area (TPSA) is 49.8 Å². The normalized spacial score (nSPS) is 20.7. The van der Waals surface area contributed by atoms with Crippen LogP contribution in [0.5, 0.6) is 5.75 Å². The maximum atomic E-state index is 14.3. The SMILES string of the molecule is COc1cc(F)c(N2CCC3(CCC(CC(=O)O)CC3)CC2)c(F)c1. The molecule has 25 heavy (non-hydrogen) atoms. The number of hydrogen-bond acceptors (Lipinski definition) is 3. The maximum absolute atomic E-state index is 14.3. The van der Waals surface area contributed by atoms with Crippen molar-refractivity contribution in [1.29, 1.82) is 0 Å². The highest BCUT2D eigenvalue weighted by Gasteiger charge is 2.39. The predicted molar refractivity (Wildman–Crippen MR) is 91.0 cm³/mol. The van der Waals surface area contributed by atoms with Gasteiger partial charge in [-0.1, -0.05) is 0 Å². The van der Waals surface area contributed by atoms with Gasteiger partial charge in [0.2, 0.25) is 0 Å². The number of carboxylic acid groups (broad SMARTS) is 1. The molecule has 0 radical (unpaired) electrons. The number of anilines is 1. The number of piperidine rings is 1. The minimum atomic E-state index is -0.721. The largest absolute Gasteiger partial charge is 0.497 e. The van der Waals surface area contributed by atoms with Gasteiger partial charge in [0, 0.05) is 31.6 Å². The average Bonchev–Trinajstić information content (AvgIpc) is 2.58. The summed E-state index contributed by atoms with van der Waals surface area (Å²) in [4.78, 5) is 12.6. The van der Waals surface area contributed by atoms with Crippen LogP contribution >= 0.6 is 0 Å². The number of ether oxygens (including phenoxy) is 1. The molecule has 0 atom stereocenters. The summed E-state index contributed by atoms with van der Waals surface area (Å²) in [5.41, 5.74) is 0.250. The quantitative estimate of drug-likeness (QED) is 0.880. The third-order valence-corrected chi connectivity index (χ3v) is 6.00. The summed E-state index contributed by atoms with van der Waals surface area (Å²) in [6.45, 7) is 1.26. The number of benzene rings is 1. The first-order chi connectivity index (χ1) is 11.9. The van der Waals surface area contributed by atoms with Gasteiger partial charge in [-0.2, -0.15) is 0 Å². The zero-order valence-corrected chi connectivity index (χ0v) is 14.6. The predicted octanol–water partition coefficient (Wildman–Crippen LogP) is 4.22. The summed E-state index contributed by atoms with van der Waals surface area (Å²) in [7, 11) is 1.39. The lowest BCUT2D eigenvalue weighted by Crippen LogP contribution is -2.42. The molecular formula is C19H25F2NO3. The van der Waals surface area contributed by atoms with Crippen molar-refractivity contribution in [3.8, 4) is 5.75 Å². The van der Waals surface area contributed by atoms with Crippen LogP contribution in [0, 0.1) is 23.0 Å². The highest BCUT2D eigenvalue weighted by molar-refractivity contribution is 5.67. The molecule has 0 amide bonds. The zero-order valence-electron chi connectivity index (χ0n) is 14.6. The summed E-state index contributed by atoms with van der Waals surface area (Å²) in [5, 5.41) is 8.93. The van der Waals surface area contributed by atoms with Crippen molar-refractivity contribution in [1.82, 2.24) is 0 Å². The molecule has 1 spiro atoms. The first-order valence-corrected chi connectivity index (χ1v) is 8.92. The molecular weight excluding hydrogens is 328 g/mol. The van der Waals surface area contributed by atoms with E-state index in [0.717, 1.165) is 38.5 Å². The molecule has 1 aliphatic carbocycles. The van der Waals surface area contributed by atoms with Crippen molar-refractivity contribution in [2.75, 3.05) is 25.1 Å². The summed E-state index contributed by atoms with van der Waals surface area (Å²) in [6.07, 6.45) is 5.98. The molecule has 1 saturated carbocycles. The highest BCUT2D eigenvalue weighted by atomic mass is 19.1.